The highest BCUT2D eigenvalue weighted by molar-refractivity contribution is 9.10. The molecule has 2 bridgehead atoms. The second kappa shape index (κ2) is 6.66. The van der Waals surface area contributed by atoms with E-state index in [4.69, 9.17) is 4.74 Å². The number of fused-ring (bicyclic) bond motifs is 1. The number of carbonyl (C=O) groups excluding carboxylic acids is 2. The maximum atomic E-state index is 12.7. The Morgan fingerprint density at radius 2 is 2.14 bits per heavy atom. The summed E-state index contributed by atoms with van der Waals surface area (Å²) < 4.78 is 6.89. The number of ketones is 1. The summed E-state index contributed by atoms with van der Waals surface area (Å²) in [5.41, 5.74) is 3.23. The number of ether oxygens (including phenoxy) is 1. The van der Waals surface area contributed by atoms with Gasteiger partial charge < -0.3 is 4.74 Å². The van der Waals surface area contributed by atoms with Gasteiger partial charge in [-0.3, -0.25) is 14.5 Å². The van der Waals surface area contributed by atoms with Crippen molar-refractivity contribution in [2.75, 3.05) is 13.1 Å². The lowest BCUT2D eigenvalue weighted by Crippen LogP contribution is -2.62. The van der Waals surface area contributed by atoms with E-state index in [1.54, 1.807) is 0 Å². The SMILES string of the molecule is CC(=O)Oc1c(C)cc(Br)c2c1[C@@]13CCN(CC4CC4)C(C2)C1CCC(=O)C3. The minimum absolute atomic E-state index is 0.174. The molecule has 28 heavy (non-hydrogen) atoms. The standard InChI is InChI=1S/C23H28BrNO3/c1-13-9-19(24)17-10-20-18-6-5-16(27)11-23(18,21(17)22(13)28-14(2)26)7-8-25(20)12-15-3-4-15/h9,15,18,20H,3-8,10-12H2,1-2H3/t18?,20?,23-/m1/s1. The van der Waals surface area contributed by atoms with Crippen LogP contribution in [0, 0.1) is 18.8 Å². The van der Waals surface area contributed by atoms with Gasteiger partial charge in [-0.25, -0.2) is 0 Å². The summed E-state index contributed by atoms with van der Waals surface area (Å²) >= 11 is 3.81. The number of rotatable bonds is 3. The van der Waals surface area contributed by atoms with Crippen molar-refractivity contribution in [2.45, 2.75) is 70.3 Å². The molecule has 4 aliphatic rings. The van der Waals surface area contributed by atoms with Gasteiger partial charge in [0, 0.05) is 47.8 Å². The Hall–Kier alpha value is -1.20. The molecule has 0 amide bonds. The number of hydrogen-bond acceptors (Lipinski definition) is 4. The molecule has 1 aromatic carbocycles. The van der Waals surface area contributed by atoms with Crippen LogP contribution < -0.4 is 4.74 Å². The number of carbonyl (C=O) groups is 2. The number of piperidine rings is 1. The first kappa shape index (κ1) is 18.8. The second-order valence-corrected chi connectivity index (χ2v) is 10.3. The zero-order chi connectivity index (χ0) is 19.6. The fourth-order valence-corrected chi connectivity index (χ4v) is 7.00. The fraction of sp³-hybridized carbons (Fsp3) is 0.652. The predicted molar refractivity (Wildman–Crippen MR) is 111 cm³/mol. The molecule has 1 aliphatic heterocycles. The predicted octanol–water partition coefficient (Wildman–Crippen LogP) is 4.33. The molecule has 2 saturated carbocycles. The van der Waals surface area contributed by atoms with E-state index >= 15 is 0 Å². The molecule has 3 aliphatic carbocycles. The van der Waals surface area contributed by atoms with Crippen LogP contribution in [0.1, 0.15) is 62.1 Å². The van der Waals surface area contributed by atoms with Gasteiger partial charge in [-0.05, 0) is 74.6 Å². The van der Waals surface area contributed by atoms with Crippen molar-refractivity contribution in [3.05, 3.63) is 27.2 Å². The van der Waals surface area contributed by atoms with Crippen LogP contribution in [-0.4, -0.2) is 35.8 Å². The summed E-state index contributed by atoms with van der Waals surface area (Å²) in [6.07, 6.45) is 6.98. The van der Waals surface area contributed by atoms with Crippen molar-refractivity contribution in [3.8, 4) is 5.75 Å². The largest absolute Gasteiger partial charge is 0.426 e. The lowest BCUT2D eigenvalue weighted by atomic mass is 9.51. The van der Waals surface area contributed by atoms with Crippen LogP contribution in [0.2, 0.25) is 0 Å². The quantitative estimate of drug-likeness (QED) is 0.512. The average Bonchev–Trinajstić information content (AvgIpc) is 3.44. The summed E-state index contributed by atoms with van der Waals surface area (Å²) in [7, 11) is 0. The Balaban J connectivity index is 1.68. The third kappa shape index (κ3) is 2.88. The van der Waals surface area contributed by atoms with Crippen LogP contribution in [0.25, 0.3) is 0 Å². The van der Waals surface area contributed by atoms with Crippen molar-refractivity contribution in [1.29, 1.82) is 0 Å². The lowest BCUT2D eigenvalue weighted by Gasteiger charge is -2.59. The molecule has 0 aromatic heterocycles. The fourth-order valence-electron chi connectivity index (χ4n) is 6.30. The Kier molecular flexibility index (Phi) is 4.48. The molecule has 150 valence electrons. The van der Waals surface area contributed by atoms with Crippen LogP contribution in [0.4, 0.5) is 0 Å². The molecule has 1 saturated heterocycles. The number of aryl methyl sites for hydroxylation is 1. The molecule has 5 heteroatoms. The van der Waals surface area contributed by atoms with Gasteiger partial charge in [0.05, 0.1) is 0 Å². The molecule has 3 atom stereocenters. The maximum Gasteiger partial charge on any atom is 0.308 e. The maximum absolute atomic E-state index is 12.7. The minimum atomic E-state index is -0.281. The van der Waals surface area contributed by atoms with E-state index in [0.717, 1.165) is 53.1 Å². The number of halogens is 1. The summed E-state index contributed by atoms with van der Waals surface area (Å²) in [5.74, 6) is 2.16. The Morgan fingerprint density at radius 1 is 1.36 bits per heavy atom. The summed E-state index contributed by atoms with van der Waals surface area (Å²) in [6, 6.07) is 2.58. The van der Waals surface area contributed by atoms with Gasteiger partial charge in [0.15, 0.2) is 0 Å². The first-order valence-electron chi connectivity index (χ1n) is 10.7. The van der Waals surface area contributed by atoms with Crippen LogP contribution in [0.3, 0.4) is 0 Å². The first-order chi connectivity index (χ1) is 13.4. The van der Waals surface area contributed by atoms with E-state index in [-0.39, 0.29) is 11.4 Å². The highest BCUT2D eigenvalue weighted by atomic mass is 79.9. The number of esters is 1. The van der Waals surface area contributed by atoms with Gasteiger partial charge in [0.1, 0.15) is 11.5 Å². The molecule has 5 rings (SSSR count). The van der Waals surface area contributed by atoms with Gasteiger partial charge in [-0.15, -0.1) is 0 Å². The van der Waals surface area contributed by atoms with Gasteiger partial charge in [0.25, 0.3) is 0 Å². The van der Waals surface area contributed by atoms with Crippen molar-refractivity contribution >= 4 is 27.7 Å². The lowest BCUT2D eigenvalue weighted by molar-refractivity contribution is -0.132. The van der Waals surface area contributed by atoms with Crippen molar-refractivity contribution in [1.82, 2.24) is 4.90 Å². The molecule has 3 fully saturated rings. The van der Waals surface area contributed by atoms with Crippen LogP contribution >= 0.6 is 15.9 Å². The molecule has 2 unspecified atom stereocenters. The third-order valence-corrected chi connectivity index (χ3v) is 8.31. The number of hydrogen-bond donors (Lipinski definition) is 0. The van der Waals surface area contributed by atoms with Crippen molar-refractivity contribution in [3.63, 3.8) is 0 Å². The third-order valence-electron chi connectivity index (χ3n) is 7.60. The van der Waals surface area contributed by atoms with Gasteiger partial charge in [-0.1, -0.05) is 15.9 Å². The zero-order valence-corrected chi connectivity index (χ0v) is 18.3. The van der Waals surface area contributed by atoms with E-state index in [1.165, 1.54) is 31.9 Å². The molecule has 4 nitrogen and oxygen atoms in total. The summed E-state index contributed by atoms with van der Waals surface area (Å²) in [6.45, 7) is 5.74. The first-order valence-corrected chi connectivity index (χ1v) is 11.4. The van der Waals surface area contributed by atoms with E-state index in [0.29, 0.717) is 30.6 Å². The van der Waals surface area contributed by atoms with Crippen molar-refractivity contribution in [2.24, 2.45) is 11.8 Å². The molecule has 0 N–H and O–H groups in total. The van der Waals surface area contributed by atoms with Gasteiger partial charge in [0.2, 0.25) is 0 Å². The Bertz CT molecular complexity index is 862. The molecule has 1 aromatic rings. The smallest absolute Gasteiger partial charge is 0.308 e. The minimum Gasteiger partial charge on any atom is -0.426 e. The highest BCUT2D eigenvalue weighted by Crippen LogP contribution is 2.59. The van der Waals surface area contributed by atoms with Crippen molar-refractivity contribution < 1.29 is 14.3 Å². The molecule has 1 heterocycles. The summed E-state index contributed by atoms with van der Waals surface area (Å²) in [5, 5.41) is 0. The van der Waals surface area contributed by atoms with E-state index < -0.39 is 0 Å². The van der Waals surface area contributed by atoms with Crippen LogP contribution in [0.5, 0.6) is 5.75 Å². The van der Waals surface area contributed by atoms with E-state index in [9.17, 15) is 9.59 Å². The van der Waals surface area contributed by atoms with Gasteiger partial charge >= 0.3 is 5.97 Å². The van der Waals surface area contributed by atoms with Gasteiger partial charge in [-0.2, -0.15) is 0 Å². The Labute approximate surface area is 175 Å². The monoisotopic (exact) mass is 445 g/mol. The average molecular weight is 446 g/mol. The number of benzene rings is 1. The number of Topliss-reactive ketones (excluding diaryl/α,β-unsaturated/α-hetero) is 1. The molecule has 0 spiro atoms. The van der Waals surface area contributed by atoms with E-state index in [1.807, 2.05) is 6.92 Å². The van der Waals surface area contributed by atoms with Crippen LogP contribution in [-0.2, 0) is 21.4 Å². The normalized spacial score (nSPS) is 31.9. The molecule has 0 radical (unpaired) electrons. The topological polar surface area (TPSA) is 46.6 Å². The Morgan fingerprint density at radius 3 is 2.86 bits per heavy atom. The van der Waals surface area contributed by atoms with E-state index in [2.05, 4.69) is 26.9 Å². The molecular weight excluding hydrogens is 418 g/mol. The highest BCUT2D eigenvalue weighted by Gasteiger charge is 2.57. The zero-order valence-electron chi connectivity index (χ0n) is 16.7. The second-order valence-electron chi connectivity index (χ2n) is 9.43. The number of likely N-dealkylation sites (tertiary alicyclic amines) is 1. The summed E-state index contributed by atoms with van der Waals surface area (Å²) in [4.78, 5) is 27.3. The molecular formula is C23H28BrNO3. The number of nitrogens with zero attached hydrogens (tertiary/aromatic N) is 1. The van der Waals surface area contributed by atoms with Crippen LogP contribution in [0.15, 0.2) is 10.5 Å².